The SMILES string of the molecule is CCC(CC)N(C)CCCC(C#N)(CC)NC1CC1. The molecule has 1 N–H and O–H groups in total. The standard InChI is InChI=1S/C16H31N3/c1-5-15(6-2)19(4)12-8-11-16(7-3,13-17)18-14-9-10-14/h14-15,18H,5-12H2,1-4H3. The Morgan fingerprint density at radius 3 is 2.37 bits per heavy atom. The van der Waals surface area contributed by atoms with Gasteiger partial charge in [0.15, 0.2) is 0 Å². The fraction of sp³-hybridized carbons (Fsp3) is 0.938. The molecule has 0 aromatic rings. The molecule has 0 spiro atoms. The van der Waals surface area contributed by atoms with Gasteiger partial charge in [-0.05, 0) is 58.5 Å². The first-order chi connectivity index (χ1) is 9.10. The highest BCUT2D eigenvalue weighted by Gasteiger charge is 2.34. The Labute approximate surface area is 119 Å². The molecule has 0 aliphatic heterocycles. The van der Waals surface area contributed by atoms with Crippen LogP contribution in [0.4, 0.5) is 0 Å². The zero-order chi connectivity index (χ0) is 14.3. The molecule has 1 rings (SSSR count). The van der Waals surface area contributed by atoms with Crippen molar-refractivity contribution in [2.45, 2.75) is 83.3 Å². The van der Waals surface area contributed by atoms with Gasteiger partial charge in [-0.15, -0.1) is 0 Å². The van der Waals surface area contributed by atoms with Crippen LogP contribution < -0.4 is 5.32 Å². The van der Waals surface area contributed by atoms with Crippen LogP contribution in [0.2, 0.25) is 0 Å². The van der Waals surface area contributed by atoms with Crippen molar-refractivity contribution in [3.63, 3.8) is 0 Å². The maximum atomic E-state index is 9.49. The number of nitrogens with one attached hydrogen (secondary N) is 1. The molecule has 0 heterocycles. The van der Waals surface area contributed by atoms with Crippen LogP contribution in [-0.2, 0) is 0 Å². The average molecular weight is 265 g/mol. The molecule has 0 amide bonds. The summed E-state index contributed by atoms with van der Waals surface area (Å²) >= 11 is 0. The van der Waals surface area contributed by atoms with Crippen molar-refractivity contribution in [3.05, 3.63) is 0 Å². The van der Waals surface area contributed by atoms with Crippen LogP contribution in [0.5, 0.6) is 0 Å². The van der Waals surface area contributed by atoms with Crippen molar-refractivity contribution in [2.75, 3.05) is 13.6 Å². The second kappa shape index (κ2) is 7.87. The van der Waals surface area contributed by atoms with E-state index >= 15 is 0 Å². The van der Waals surface area contributed by atoms with E-state index in [0.717, 1.165) is 25.8 Å². The van der Waals surface area contributed by atoms with Crippen LogP contribution in [0.15, 0.2) is 0 Å². The van der Waals surface area contributed by atoms with E-state index in [1.807, 2.05) is 0 Å². The van der Waals surface area contributed by atoms with E-state index in [4.69, 9.17) is 0 Å². The highest BCUT2D eigenvalue weighted by atomic mass is 15.1. The third-order valence-electron chi connectivity index (χ3n) is 4.56. The molecule has 1 unspecified atom stereocenters. The van der Waals surface area contributed by atoms with E-state index in [0.29, 0.717) is 12.1 Å². The van der Waals surface area contributed by atoms with E-state index in [9.17, 15) is 5.26 Å². The fourth-order valence-corrected chi connectivity index (χ4v) is 2.86. The lowest BCUT2D eigenvalue weighted by molar-refractivity contribution is 0.216. The minimum Gasteiger partial charge on any atom is -0.303 e. The van der Waals surface area contributed by atoms with E-state index in [1.165, 1.54) is 25.7 Å². The largest absolute Gasteiger partial charge is 0.303 e. The van der Waals surface area contributed by atoms with Crippen molar-refractivity contribution >= 4 is 0 Å². The third kappa shape index (κ3) is 5.12. The Bertz CT molecular complexity index is 289. The Morgan fingerprint density at radius 1 is 1.32 bits per heavy atom. The minimum absolute atomic E-state index is 0.282. The summed E-state index contributed by atoms with van der Waals surface area (Å²) in [4.78, 5) is 2.45. The number of rotatable bonds is 10. The Kier molecular flexibility index (Phi) is 6.82. The van der Waals surface area contributed by atoms with Gasteiger partial charge in [0, 0.05) is 12.1 Å². The molecular formula is C16H31N3. The molecule has 1 atom stereocenters. The highest BCUT2D eigenvalue weighted by molar-refractivity contribution is 5.09. The first-order valence-electron chi connectivity index (χ1n) is 8.00. The molecule has 0 bridgehead atoms. The number of hydrogen-bond donors (Lipinski definition) is 1. The van der Waals surface area contributed by atoms with Crippen molar-refractivity contribution < 1.29 is 0 Å². The van der Waals surface area contributed by atoms with E-state index in [2.05, 4.69) is 44.1 Å². The van der Waals surface area contributed by atoms with Crippen molar-refractivity contribution in [3.8, 4) is 6.07 Å². The molecular weight excluding hydrogens is 234 g/mol. The number of nitriles is 1. The van der Waals surface area contributed by atoms with Gasteiger partial charge in [0.2, 0.25) is 0 Å². The molecule has 3 heteroatoms. The summed E-state index contributed by atoms with van der Waals surface area (Å²) in [5, 5.41) is 13.0. The Hall–Kier alpha value is -0.590. The van der Waals surface area contributed by atoms with E-state index in [-0.39, 0.29) is 5.54 Å². The Balaban J connectivity index is 2.37. The maximum Gasteiger partial charge on any atom is 0.106 e. The lowest BCUT2D eigenvalue weighted by Crippen LogP contribution is -2.45. The molecule has 110 valence electrons. The summed E-state index contributed by atoms with van der Waals surface area (Å²) in [6.07, 6.45) is 7.91. The van der Waals surface area contributed by atoms with Crippen LogP contribution >= 0.6 is 0 Å². The van der Waals surface area contributed by atoms with Crippen LogP contribution in [-0.4, -0.2) is 36.1 Å². The highest BCUT2D eigenvalue weighted by Crippen LogP contribution is 2.26. The topological polar surface area (TPSA) is 39.1 Å². The van der Waals surface area contributed by atoms with E-state index < -0.39 is 0 Å². The van der Waals surface area contributed by atoms with E-state index in [1.54, 1.807) is 0 Å². The summed E-state index contributed by atoms with van der Waals surface area (Å²) < 4.78 is 0. The van der Waals surface area contributed by atoms with Gasteiger partial charge in [-0.1, -0.05) is 20.8 Å². The van der Waals surface area contributed by atoms with Crippen LogP contribution in [0.1, 0.15) is 65.7 Å². The lowest BCUT2D eigenvalue weighted by Gasteiger charge is -2.30. The first-order valence-corrected chi connectivity index (χ1v) is 8.00. The second-order valence-corrected chi connectivity index (χ2v) is 6.02. The van der Waals surface area contributed by atoms with Crippen LogP contribution in [0, 0.1) is 11.3 Å². The van der Waals surface area contributed by atoms with Crippen molar-refractivity contribution in [1.82, 2.24) is 10.2 Å². The number of nitrogens with zero attached hydrogens (tertiary/aromatic N) is 2. The van der Waals surface area contributed by atoms with Crippen molar-refractivity contribution in [1.29, 1.82) is 5.26 Å². The van der Waals surface area contributed by atoms with Crippen LogP contribution in [0.3, 0.4) is 0 Å². The second-order valence-electron chi connectivity index (χ2n) is 6.02. The molecule has 0 radical (unpaired) electrons. The Morgan fingerprint density at radius 2 is 1.95 bits per heavy atom. The van der Waals surface area contributed by atoms with Gasteiger partial charge >= 0.3 is 0 Å². The predicted molar refractivity (Wildman–Crippen MR) is 81.0 cm³/mol. The molecule has 1 aliphatic rings. The molecule has 1 aliphatic carbocycles. The molecule has 1 fully saturated rings. The normalized spacial score (nSPS) is 18.6. The zero-order valence-electron chi connectivity index (χ0n) is 13.2. The first kappa shape index (κ1) is 16.5. The summed E-state index contributed by atoms with van der Waals surface area (Å²) in [5.74, 6) is 0. The summed E-state index contributed by atoms with van der Waals surface area (Å²) in [7, 11) is 2.21. The maximum absolute atomic E-state index is 9.49. The van der Waals surface area contributed by atoms with Gasteiger partial charge in [-0.2, -0.15) is 5.26 Å². The third-order valence-corrected chi connectivity index (χ3v) is 4.56. The molecule has 0 aromatic heterocycles. The molecule has 0 saturated heterocycles. The summed E-state index contributed by atoms with van der Waals surface area (Å²) in [5.41, 5.74) is -0.282. The van der Waals surface area contributed by atoms with Gasteiger partial charge in [-0.3, -0.25) is 5.32 Å². The van der Waals surface area contributed by atoms with Gasteiger partial charge in [-0.25, -0.2) is 0 Å². The van der Waals surface area contributed by atoms with Gasteiger partial charge in [0.05, 0.1) is 6.07 Å². The lowest BCUT2D eigenvalue weighted by atomic mass is 9.91. The quantitative estimate of drug-likeness (QED) is 0.658. The summed E-state index contributed by atoms with van der Waals surface area (Å²) in [6, 6.07) is 3.83. The average Bonchev–Trinajstić information content (AvgIpc) is 3.23. The van der Waals surface area contributed by atoms with Crippen LogP contribution in [0.25, 0.3) is 0 Å². The molecule has 19 heavy (non-hydrogen) atoms. The van der Waals surface area contributed by atoms with Gasteiger partial charge < -0.3 is 4.90 Å². The molecule has 1 saturated carbocycles. The predicted octanol–water partition coefficient (Wildman–Crippen LogP) is 3.31. The zero-order valence-corrected chi connectivity index (χ0v) is 13.2. The molecule has 3 nitrogen and oxygen atoms in total. The smallest absolute Gasteiger partial charge is 0.106 e. The monoisotopic (exact) mass is 265 g/mol. The van der Waals surface area contributed by atoms with Gasteiger partial charge in [0.1, 0.15) is 5.54 Å². The number of hydrogen-bond acceptors (Lipinski definition) is 3. The molecule has 0 aromatic carbocycles. The van der Waals surface area contributed by atoms with Gasteiger partial charge in [0.25, 0.3) is 0 Å². The summed E-state index contributed by atoms with van der Waals surface area (Å²) in [6.45, 7) is 7.74. The minimum atomic E-state index is -0.282. The fourth-order valence-electron chi connectivity index (χ4n) is 2.86. The van der Waals surface area contributed by atoms with Crippen molar-refractivity contribution in [2.24, 2.45) is 0 Å².